The van der Waals surface area contributed by atoms with Crippen LogP contribution in [0.4, 0.5) is 0 Å². The Hall–Kier alpha value is -6.48. The van der Waals surface area contributed by atoms with Gasteiger partial charge in [0.15, 0.2) is 0 Å². The molecule has 376 valence electrons. The smallest absolute Gasteiger partial charge is 0.628 e. The zero-order chi connectivity index (χ0) is 51.8. The van der Waals surface area contributed by atoms with E-state index in [4.69, 9.17) is 77.8 Å². The number of hydrogen-bond donors (Lipinski definition) is 2. The molecule has 0 spiro atoms. The summed E-state index contributed by atoms with van der Waals surface area (Å²) < 4.78 is 0. The average Bonchev–Trinajstić information content (AvgIpc) is 4.30. The topological polar surface area (TPSA) is 108 Å². The number of hydrogen-bond acceptors (Lipinski definition) is 2. The second kappa shape index (κ2) is 27.9. The Labute approximate surface area is 473 Å². The maximum atomic E-state index is 6.36. The Kier molecular flexibility index (Phi) is 20.9. The Bertz CT molecular complexity index is 2750. The van der Waals surface area contributed by atoms with E-state index in [9.17, 15) is 0 Å². The van der Waals surface area contributed by atoms with E-state index in [0.717, 1.165) is 91.5 Å². The second-order valence-corrected chi connectivity index (χ2v) is 19.2. The minimum atomic E-state index is 0. The summed E-state index contributed by atoms with van der Waals surface area (Å²) in [7, 11) is 0. The maximum Gasteiger partial charge on any atom is 2.00 e. The normalized spacial score (nSPS) is 11.6. The van der Waals surface area contributed by atoms with Crippen LogP contribution in [-0.2, 0) is 30.2 Å². The molecule has 0 aliphatic carbocycles. The molecule has 75 heavy (non-hydrogen) atoms. The minimum Gasteiger partial charge on any atom is -0.628 e. The summed E-state index contributed by atoms with van der Waals surface area (Å²) in [4.78, 5) is 21.1. The molecule has 11 heteroatoms. The minimum absolute atomic E-state index is 0. The van der Waals surface area contributed by atoms with Crippen LogP contribution < -0.4 is 31.4 Å². The fourth-order valence-corrected chi connectivity index (χ4v) is 8.97. The quantitative estimate of drug-likeness (QED) is 0.0847. The molecule has 0 saturated carbocycles. The number of nitrogens with two attached hydrogens (primary N) is 2. The molecule has 0 amide bonds. The van der Waals surface area contributed by atoms with Crippen LogP contribution >= 0.6 is 46.4 Å². The summed E-state index contributed by atoms with van der Waals surface area (Å²) in [6, 6.07) is 67.3. The summed E-state index contributed by atoms with van der Waals surface area (Å²) in [6.45, 7) is 5.74. The van der Waals surface area contributed by atoms with E-state index in [2.05, 4.69) is 13.8 Å². The molecule has 8 bridgehead atoms. The van der Waals surface area contributed by atoms with Gasteiger partial charge in [-0.3, -0.25) is 0 Å². The number of benzene rings is 6. The van der Waals surface area contributed by atoms with Crippen molar-refractivity contribution in [2.75, 3.05) is 0 Å². The van der Waals surface area contributed by atoms with Crippen LogP contribution in [0.2, 0.25) is 20.1 Å². The summed E-state index contributed by atoms with van der Waals surface area (Å²) in [5.74, 6) is 3.49. The predicted molar refractivity (Wildman–Crippen MR) is 306 cm³/mol. The predicted octanol–water partition coefficient (Wildman–Crippen LogP) is 15.4. The standard InChI is InChI=1S/C44H24Cl4N4.2C7H9N.C6H14.Fe/c45-29-9-1-25(2-10-29)41-33-17-19-35(49-33)42(26-3-11-30(46)12-4-26)37-21-23-39(51-37)44(28-7-15-32(48)16-8-28)40-24-22-38(52-40)43(36-20-18-34(41)50-36)27-5-13-31(47)14-6-27;2*8-6-7-4-2-1-3-5-7;1-3-5-6-4-2;/h1-24H;2*1-5H,6,8H2;3-6H2,1-2H3;/q;;;;+2. The van der Waals surface area contributed by atoms with Crippen LogP contribution in [-0.4, -0.2) is 0 Å². The zero-order valence-electron chi connectivity index (χ0n) is 41.7. The van der Waals surface area contributed by atoms with Crippen molar-refractivity contribution in [3.05, 3.63) is 329 Å². The fourth-order valence-electron chi connectivity index (χ4n) is 8.46. The van der Waals surface area contributed by atoms with Gasteiger partial charge in [-0.1, -0.05) is 147 Å². The van der Waals surface area contributed by atoms with E-state index in [1.165, 1.54) is 36.8 Å². The molecule has 0 saturated heterocycles. The maximum absolute atomic E-state index is 6.36. The number of unbranched alkanes of at least 4 members (excludes halogenated alkanes) is 3. The molecule has 1 aliphatic heterocycles. The van der Waals surface area contributed by atoms with E-state index >= 15 is 0 Å². The van der Waals surface area contributed by atoms with E-state index in [-0.39, 0.29) is 17.1 Å². The van der Waals surface area contributed by atoms with E-state index < -0.39 is 0 Å². The Morgan fingerprint density at radius 1 is 0.307 bits per heavy atom. The first-order chi connectivity index (χ1) is 36.2. The van der Waals surface area contributed by atoms with Gasteiger partial charge in [0.2, 0.25) is 0 Å². The van der Waals surface area contributed by atoms with Gasteiger partial charge < -0.3 is 31.4 Å². The Morgan fingerprint density at radius 2 is 0.507 bits per heavy atom. The van der Waals surface area contributed by atoms with Crippen LogP contribution in [0.1, 0.15) is 118 Å². The Balaban J connectivity index is 0.000000296. The second-order valence-electron chi connectivity index (χ2n) is 17.5. The summed E-state index contributed by atoms with van der Waals surface area (Å²) >= 11 is 25.4. The van der Waals surface area contributed by atoms with Crippen molar-refractivity contribution < 1.29 is 17.1 Å². The van der Waals surface area contributed by atoms with Crippen LogP contribution in [0.3, 0.4) is 0 Å². The molecular formula is C64H56Cl4FeN6+2. The summed E-state index contributed by atoms with van der Waals surface area (Å²) in [5.41, 5.74) is 22.9. The number of fused-ring (bicyclic) bond motifs is 8. The summed E-state index contributed by atoms with van der Waals surface area (Å²) in [6.07, 6.45) is 5.54. The molecule has 0 radical (unpaired) electrons. The van der Waals surface area contributed by atoms with Gasteiger partial charge in [0.05, 0.1) is 42.3 Å². The largest absolute Gasteiger partial charge is 2.00 e. The van der Waals surface area contributed by atoms with Crippen molar-refractivity contribution in [3.63, 3.8) is 0 Å². The molecule has 6 aromatic carbocycles. The van der Waals surface area contributed by atoms with Gasteiger partial charge in [-0.15, -0.1) is 0 Å². The number of halogens is 4. The van der Waals surface area contributed by atoms with Crippen molar-refractivity contribution in [2.24, 2.45) is 11.5 Å². The molecule has 4 N–H and O–H groups in total. The number of nitrogens with zero attached hydrogens (tertiary/aromatic N) is 4. The van der Waals surface area contributed by atoms with Crippen LogP contribution in [0, 0.1) is 23.7 Å². The van der Waals surface area contributed by atoms with Gasteiger partial charge in [-0.2, -0.15) is 0 Å². The van der Waals surface area contributed by atoms with Crippen molar-refractivity contribution in [1.82, 2.24) is 19.9 Å². The van der Waals surface area contributed by atoms with Gasteiger partial charge in [0.25, 0.3) is 0 Å². The van der Waals surface area contributed by atoms with E-state index in [0.29, 0.717) is 33.2 Å². The van der Waals surface area contributed by atoms with Crippen molar-refractivity contribution >= 4 is 46.4 Å². The SMILES string of the molecule is CCCCCC.Clc1ccc([C+]2c3ccc([n-]3)[C+](c3ccc(Cl)cc3)c3ccc([n-]3)[C+](c3ccc(Cl)cc3)c3ccc([n-]3)[C+](c3ccc(Cl)cc3)c3ccc2[n-]3)cc1.NCc1ccccc1.NCc1ccccc1.[Fe+2]. The number of rotatable bonds is 9. The van der Waals surface area contributed by atoms with Crippen LogP contribution in [0.25, 0.3) is 0 Å². The molecular weight excluding hydrogens is 1050 g/mol. The molecule has 5 heterocycles. The van der Waals surface area contributed by atoms with Crippen molar-refractivity contribution in [3.8, 4) is 0 Å². The van der Waals surface area contributed by atoms with Gasteiger partial charge in [-0.05, 0) is 105 Å². The van der Waals surface area contributed by atoms with Crippen molar-refractivity contribution in [2.45, 2.75) is 52.6 Å². The molecule has 0 fully saturated rings. The van der Waals surface area contributed by atoms with Gasteiger partial charge >= 0.3 is 17.1 Å². The van der Waals surface area contributed by atoms with Crippen LogP contribution in [0.15, 0.2) is 206 Å². The molecule has 0 atom stereocenters. The Morgan fingerprint density at radius 3 is 0.667 bits per heavy atom. The van der Waals surface area contributed by atoms with Gasteiger partial charge in [0, 0.05) is 134 Å². The monoisotopic (exact) mass is 1100 g/mol. The third-order valence-corrected chi connectivity index (χ3v) is 13.3. The van der Waals surface area contributed by atoms with Gasteiger partial charge in [0.1, 0.15) is 0 Å². The molecule has 1 aliphatic rings. The first-order valence-corrected chi connectivity index (χ1v) is 26.2. The summed E-state index contributed by atoms with van der Waals surface area (Å²) in [5, 5.41) is 2.58. The fraction of sp³-hybridized carbons (Fsp3) is 0.125. The molecule has 0 unspecified atom stereocenters. The third kappa shape index (κ3) is 14.7. The van der Waals surface area contributed by atoms with Crippen LogP contribution in [0.5, 0.6) is 0 Å². The van der Waals surface area contributed by atoms with Crippen molar-refractivity contribution in [1.29, 1.82) is 0 Å². The van der Waals surface area contributed by atoms with E-state index in [1.807, 2.05) is 206 Å². The third-order valence-electron chi connectivity index (χ3n) is 12.3. The number of aromatic nitrogens is 4. The first kappa shape index (κ1) is 56.3. The zero-order valence-corrected chi connectivity index (χ0v) is 45.8. The molecule has 6 nitrogen and oxygen atoms in total. The van der Waals surface area contributed by atoms with Gasteiger partial charge in [-0.25, -0.2) is 0 Å². The molecule has 10 aromatic rings. The molecule has 11 rings (SSSR count). The van der Waals surface area contributed by atoms with E-state index in [1.54, 1.807) is 0 Å². The molecule has 4 aromatic heterocycles. The average molecular weight is 1110 g/mol. The first-order valence-electron chi connectivity index (χ1n) is 24.7.